The normalized spacial score (nSPS) is 19.4. The molecule has 0 saturated heterocycles. The highest BCUT2D eigenvalue weighted by Crippen LogP contribution is 2.42. The highest BCUT2D eigenvalue weighted by atomic mass is 32.2. The molecule has 1 aliphatic carbocycles. The molecule has 2 nitrogen and oxygen atoms in total. The molecule has 23 heavy (non-hydrogen) atoms. The number of thioether (sulfide) groups is 1. The first-order valence-corrected chi connectivity index (χ1v) is 9.28. The summed E-state index contributed by atoms with van der Waals surface area (Å²) in [6.45, 7) is 2.85. The summed E-state index contributed by atoms with van der Waals surface area (Å²) in [7, 11) is 0. The molecule has 1 atom stereocenters. The smallest absolute Gasteiger partial charge is 0.231 e. The van der Waals surface area contributed by atoms with Gasteiger partial charge in [-0.1, -0.05) is 48.0 Å². The maximum atomic E-state index is 13.2. The van der Waals surface area contributed by atoms with E-state index in [-0.39, 0.29) is 5.92 Å². The standard InChI is InChI=1S/C20H21NOS/c1-14-5-4-6-15(11-14)12-21(16-9-10-16)20(22)18-13-23-19-8-3-2-7-17(18)19/h2-8,11,16,18H,9-10,12-13H2,1H3. The maximum absolute atomic E-state index is 13.2. The van der Waals surface area contributed by atoms with Gasteiger partial charge in [0.1, 0.15) is 0 Å². The number of carbonyl (C=O) groups is 1. The number of benzene rings is 2. The van der Waals surface area contributed by atoms with Gasteiger partial charge < -0.3 is 4.90 Å². The molecule has 1 unspecified atom stereocenters. The molecule has 0 aromatic heterocycles. The topological polar surface area (TPSA) is 20.3 Å². The van der Waals surface area contributed by atoms with E-state index in [1.54, 1.807) is 0 Å². The number of hydrogen-bond acceptors (Lipinski definition) is 2. The lowest BCUT2D eigenvalue weighted by molar-refractivity contribution is -0.133. The molecule has 3 heteroatoms. The molecule has 1 amide bonds. The monoisotopic (exact) mass is 323 g/mol. The molecule has 4 rings (SSSR count). The highest BCUT2D eigenvalue weighted by molar-refractivity contribution is 7.99. The zero-order chi connectivity index (χ0) is 15.8. The fraction of sp³-hybridized carbons (Fsp3) is 0.350. The van der Waals surface area contributed by atoms with Gasteiger partial charge in [-0.15, -0.1) is 11.8 Å². The Morgan fingerprint density at radius 1 is 1.17 bits per heavy atom. The molecule has 1 aliphatic heterocycles. The van der Waals surface area contributed by atoms with E-state index in [1.165, 1.54) is 21.6 Å². The van der Waals surface area contributed by atoms with E-state index in [1.807, 2.05) is 17.8 Å². The van der Waals surface area contributed by atoms with Crippen molar-refractivity contribution in [2.75, 3.05) is 5.75 Å². The van der Waals surface area contributed by atoms with Crippen LogP contribution >= 0.6 is 11.8 Å². The summed E-state index contributed by atoms with van der Waals surface area (Å²) < 4.78 is 0. The average molecular weight is 323 g/mol. The quantitative estimate of drug-likeness (QED) is 0.832. The van der Waals surface area contributed by atoms with Gasteiger partial charge in [0.25, 0.3) is 0 Å². The molecule has 1 fully saturated rings. The summed E-state index contributed by atoms with van der Waals surface area (Å²) in [5.74, 6) is 1.22. The number of nitrogens with zero attached hydrogens (tertiary/aromatic N) is 1. The number of fused-ring (bicyclic) bond motifs is 1. The van der Waals surface area contributed by atoms with E-state index in [0.717, 1.165) is 25.1 Å². The lowest BCUT2D eigenvalue weighted by Gasteiger charge is -2.26. The van der Waals surface area contributed by atoms with Crippen LogP contribution in [0.5, 0.6) is 0 Å². The third-order valence-electron chi connectivity index (χ3n) is 4.70. The van der Waals surface area contributed by atoms with Crippen molar-refractivity contribution < 1.29 is 4.79 Å². The maximum Gasteiger partial charge on any atom is 0.231 e. The van der Waals surface area contributed by atoms with Crippen LogP contribution in [-0.2, 0) is 11.3 Å². The van der Waals surface area contributed by atoms with Crippen LogP contribution in [0.25, 0.3) is 0 Å². The second-order valence-corrected chi connectivity index (χ2v) is 7.65. The van der Waals surface area contributed by atoms with Crippen LogP contribution in [0.15, 0.2) is 53.4 Å². The summed E-state index contributed by atoms with van der Waals surface area (Å²) in [5, 5.41) is 0. The second kappa shape index (κ2) is 6.04. The Hall–Kier alpha value is -1.74. The molecule has 118 valence electrons. The predicted octanol–water partition coefficient (Wildman–Crippen LogP) is 4.38. The van der Waals surface area contributed by atoms with Crippen molar-refractivity contribution in [3.05, 3.63) is 65.2 Å². The van der Waals surface area contributed by atoms with Gasteiger partial charge in [-0.05, 0) is 37.0 Å². The third-order valence-corrected chi connectivity index (χ3v) is 5.89. The van der Waals surface area contributed by atoms with Crippen molar-refractivity contribution in [3.8, 4) is 0 Å². The van der Waals surface area contributed by atoms with Crippen molar-refractivity contribution in [2.45, 2.75) is 43.2 Å². The fourth-order valence-electron chi connectivity index (χ4n) is 3.35. The number of rotatable bonds is 4. The molecule has 2 aliphatic rings. The average Bonchev–Trinajstić information content (AvgIpc) is 3.31. The Morgan fingerprint density at radius 3 is 2.78 bits per heavy atom. The Kier molecular flexibility index (Phi) is 3.90. The van der Waals surface area contributed by atoms with Gasteiger partial charge in [0.05, 0.1) is 5.92 Å². The Labute approximate surface area is 141 Å². The van der Waals surface area contributed by atoms with E-state index in [2.05, 4.69) is 54.3 Å². The van der Waals surface area contributed by atoms with Crippen LogP contribution in [0.3, 0.4) is 0 Å². The summed E-state index contributed by atoms with van der Waals surface area (Å²) in [6.07, 6.45) is 2.30. The first-order chi connectivity index (χ1) is 11.2. The molecular weight excluding hydrogens is 302 g/mol. The summed E-state index contributed by atoms with van der Waals surface area (Å²) in [5.41, 5.74) is 3.72. The number of hydrogen-bond donors (Lipinski definition) is 0. The first kappa shape index (κ1) is 14.8. The molecule has 0 N–H and O–H groups in total. The van der Waals surface area contributed by atoms with Gasteiger partial charge in [0, 0.05) is 23.2 Å². The van der Waals surface area contributed by atoms with Gasteiger partial charge in [-0.25, -0.2) is 0 Å². The molecule has 0 bridgehead atoms. The van der Waals surface area contributed by atoms with Crippen molar-refractivity contribution in [2.24, 2.45) is 0 Å². The van der Waals surface area contributed by atoms with Crippen LogP contribution < -0.4 is 0 Å². The van der Waals surface area contributed by atoms with Crippen molar-refractivity contribution >= 4 is 17.7 Å². The zero-order valence-electron chi connectivity index (χ0n) is 13.4. The zero-order valence-corrected chi connectivity index (χ0v) is 14.2. The fourth-order valence-corrected chi connectivity index (χ4v) is 4.57. The number of amides is 1. The predicted molar refractivity (Wildman–Crippen MR) is 94.7 cm³/mol. The lowest BCUT2D eigenvalue weighted by atomic mass is 9.99. The number of carbonyl (C=O) groups excluding carboxylic acids is 1. The van der Waals surface area contributed by atoms with Gasteiger partial charge in [0.15, 0.2) is 0 Å². The first-order valence-electron chi connectivity index (χ1n) is 8.30. The largest absolute Gasteiger partial charge is 0.335 e. The van der Waals surface area contributed by atoms with E-state index in [0.29, 0.717) is 11.9 Å². The van der Waals surface area contributed by atoms with E-state index >= 15 is 0 Å². The second-order valence-electron chi connectivity index (χ2n) is 6.59. The SMILES string of the molecule is Cc1cccc(CN(C(=O)C2CSc3ccccc32)C2CC2)c1. The lowest BCUT2D eigenvalue weighted by Crippen LogP contribution is -2.36. The Balaban J connectivity index is 1.57. The van der Waals surface area contributed by atoms with Crippen molar-refractivity contribution in [1.82, 2.24) is 4.90 Å². The summed E-state index contributed by atoms with van der Waals surface area (Å²) in [6, 6.07) is 17.3. The van der Waals surface area contributed by atoms with Crippen LogP contribution in [-0.4, -0.2) is 22.6 Å². The summed E-state index contributed by atoms with van der Waals surface area (Å²) >= 11 is 1.82. The Morgan fingerprint density at radius 2 is 2.00 bits per heavy atom. The van der Waals surface area contributed by atoms with Crippen LogP contribution in [0.4, 0.5) is 0 Å². The molecule has 1 saturated carbocycles. The Bertz CT molecular complexity index is 738. The number of aryl methyl sites for hydroxylation is 1. The molecule has 2 aromatic rings. The summed E-state index contributed by atoms with van der Waals surface area (Å²) in [4.78, 5) is 16.6. The van der Waals surface area contributed by atoms with Gasteiger partial charge in [-0.2, -0.15) is 0 Å². The van der Waals surface area contributed by atoms with E-state index < -0.39 is 0 Å². The molecule has 2 aromatic carbocycles. The molecule has 0 radical (unpaired) electrons. The van der Waals surface area contributed by atoms with Crippen LogP contribution in [0.1, 0.15) is 35.4 Å². The van der Waals surface area contributed by atoms with Crippen LogP contribution in [0, 0.1) is 6.92 Å². The minimum absolute atomic E-state index is 0.0293. The highest BCUT2D eigenvalue weighted by Gasteiger charge is 2.38. The van der Waals surface area contributed by atoms with Crippen molar-refractivity contribution in [3.63, 3.8) is 0 Å². The minimum Gasteiger partial charge on any atom is -0.335 e. The molecule has 0 spiro atoms. The van der Waals surface area contributed by atoms with E-state index in [4.69, 9.17) is 0 Å². The molecule has 1 heterocycles. The minimum atomic E-state index is 0.0293. The van der Waals surface area contributed by atoms with Crippen molar-refractivity contribution in [1.29, 1.82) is 0 Å². The van der Waals surface area contributed by atoms with Gasteiger partial charge in [0.2, 0.25) is 5.91 Å². The van der Waals surface area contributed by atoms with Gasteiger partial charge >= 0.3 is 0 Å². The van der Waals surface area contributed by atoms with Crippen LogP contribution in [0.2, 0.25) is 0 Å². The third kappa shape index (κ3) is 3.02. The van der Waals surface area contributed by atoms with Gasteiger partial charge in [-0.3, -0.25) is 4.79 Å². The molecular formula is C20H21NOS. The van der Waals surface area contributed by atoms with E-state index in [9.17, 15) is 4.79 Å².